The molecule has 0 N–H and O–H groups in total. The van der Waals surface area contributed by atoms with E-state index in [4.69, 9.17) is 4.42 Å². The number of hydrogen-bond acceptors (Lipinski definition) is 3. The fourth-order valence-electron chi connectivity index (χ4n) is 3.21. The fraction of sp³-hybridized carbons (Fsp3) is 0.333. The molecule has 1 fully saturated rings. The third-order valence-electron chi connectivity index (χ3n) is 5.04. The van der Waals surface area contributed by atoms with Gasteiger partial charge < -0.3 is 4.42 Å². The van der Waals surface area contributed by atoms with Crippen molar-refractivity contribution in [1.82, 2.24) is 10.2 Å². The molecule has 24 heavy (non-hydrogen) atoms. The van der Waals surface area contributed by atoms with Crippen LogP contribution >= 0.6 is 0 Å². The molecule has 1 aliphatic carbocycles. The number of nitrogens with zero attached hydrogens (tertiary/aromatic N) is 2. The molecule has 0 bridgehead atoms. The lowest BCUT2D eigenvalue weighted by Gasteiger charge is -2.12. The Bertz CT molecular complexity index is 844. The van der Waals surface area contributed by atoms with Crippen LogP contribution in [0.1, 0.15) is 46.9 Å². The van der Waals surface area contributed by atoms with Gasteiger partial charge in [-0.15, -0.1) is 10.2 Å². The van der Waals surface area contributed by atoms with E-state index in [1.807, 2.05) is 0 Å². The van der Waals surface area contributed by atoms with E-state index in [9.17, 15) is 0 Å². The molecule has 0 saturated heterocycles. The normalized spacial score (nSPS) is 15.4. The minimum atomic E-state index is 0.0602. The van der Waals surface area contributed by atoms with Crippen LogP contribution in [0.15, 0.2) is 52.9 Å². The van der Waals surface area contributed by atoms with Gasteiger partial charge in [0.15, 0.2) is 0 Å². The molecule has 4 rings (SSSR count). The van der Waals surface area contributed by atoms with E-state index < -0.39 is 0 Å². The van der Waals surface area contributed by atoms with Crippen LogP contribution in [0.5, 0.6) is 0 Å². The molecule has 0 aliphatic heterocycles. The molecule has 1 heterocycles. The third-order valence-corrected chi connectivity index (χ3v) is 5.04. The second-order valence-electron chi connectivity index (χ2n) is 7.05. The van der Waals surface area contributed by atoms with E-state index in [0.717, 1.165) is 25.2 Å². The number of rotatable bonds is 5. The van der Waals surface area contributed by atoms with E-state index in [-0.39, 0.29) is 5.41 Å². The Balaban J connectivity index is 1.52. The molecule has 1 saturated carbocycles. The summed E-state index contributed by atoms with van der Waals surface area (Å²) >= 11 is 0. The summed E-state index contributed by atoms with van der Waals surface area (Å²) in [6, 6.07) is 17.1. The zero-order valence-corrected chi connectivity index (χ0v) is 14.2. The summed E-state index contributed by atoms with van der Waals surface area (Å²) in [5.74, 6) is 1.53. The van der Waals surface area contributed by atoms with Crippen molar-refractivity contribution < 1.29 is 4.42 Å². The van der Waals surface area contributed by atoms with E-state index in [1.165, 1.54) is 22.3 Å². The molecule has 0 unspecified atom stereocenters. The summed E-state index contributed by atoms with van der Waals surface area (Å²) in [5.41, 5.74) is 5.25. The average Bonchev–Trinajstić information content (AvgIpc) is 3.21. The van der Waals surface area contributed by atoms with Crippen molar-refractivity contribution in [3.63, 3.8) is 0 Å². The van der Waals surface area contributed by atoms with Gasteiger partial charge in [0.1, 0.15) is 0 Å². The molecule has 0 amide bonds. The Hall–Kier alpha value is -2.42. The minimum Gasteiger partial charge on any atom is -0.424 e. The third kappa shape index (κ3) is 2.99. The zero-order chi connectivity index (χ0) is 16.6. The Morgan fingerprint density at radius 2 is 1.71 bits per heavy atom. The fourth-order valence-corrected chi connectivity index (χ4v) is 3.21. The van der Waals surface area contributed by atoms with Crippen LogP contribution in [-0.2, 0) is 18.3 Å². The van der Waals surface area contributed by atoms with Crippen LogP contribution in [0.4, 0.5) is 0 Å². The van der Waals surface area contributed by atoms with Crippen molar-refractivity contribution in [2.45, 2.75) is 44.9 Å². The number of hydrogen-bond donors (Lipinski definition) is 0. The monoisotopic (exact) mass is 318 g/mol. The Morgan fingerprint density at radius 1 is 0.958 bits per heavy atom. The van der Waals surface area contributed by atoms with Crippen molar-refractivity contribution in [3.05, 3.63) is 82.6 Å². The second kappa shape index (κ2) is 5.90. The van der Waals surface area contributed by atoms with Gasteiger partial charge in [0.25, 0.3) is 0 Å². The molecule has 3 heteroatoms. The number of benzene rings is 2. The highest BCUT2D eigenvalue weighted by Crippen LogP contribution is 2.50. The number of aryl methyl sites for hydroxylation is 2. The van der Waals surface area contributed by atoms with Crippen molar-refractivity contribution in [3.8, 4) is 0 Å². The highest BCUT2D eigenvalue weighted by Gasteiger charge is 2.49. The second-order valence-corrected chi connectivity index (χ2v) is 7.05. The summed E-state index contributed by atoms with van der Waals surface area (Å²) in [7, 11) is 0. The Labute approximate surface area is 142 Å². The van der Waals surface area contributed by atoms with Crippen LogP contribution in [0.3, 0.4) is 0 Å². The van der Waals surface area contributed by atoms with Crippen LogP contribution in [0, 0.1) is 13.8 Å². The van der Waals surface area contributed by atoms with Gasteiger partial charge in [-0.2, -0.15) is 0 Å². The van der Waals surface area contributed by atoms with Gasteiger partial charge in [-0.3, -0.25) is 0 Å². The summed E-state index contributed by atoms with van der Waals surface area (Å²) in [6.45, 7) is 4.26. The maximum Gasteiger partial charge on any atom is 0.223 e. The topological polar surface area (TPSA) is 38.9 Å². The Morgan fingerprint density at radius 3 is 2.42 bits per heavy atom. The summed E-state index contributed by atoms with van der Waals surface area (Å²) < 4.78 is 6.03. The molecule has 3 aromatic rings. The van der Waals surface area contributed by atoms with Gasteiger partial charge in [0.05, 0.1) is 11.8 Å². The van der Waals surface area contributed by atoms with Crippen LogP contribution in [0.25, 0.3) is 0 Å². The predicted molar refractivity (Wildman–Crippen MR) is 94.1 cm³/mol. The molecule has 122 valence electrons. The van der Waals surface area contributed by atoms with E-state index >= 15 is 0 Å². The highest BCUT2D eigenvalue weighted by atomic mass is 16.4. The first kappa shape index (κ1) is 15.1. The first-order valence-corrected chi connectivity index (χ1v) is 8.58. The molecule has 2 aromatic carbocycles. The van der Waals surface area contributed by atoms with E-state index in [1.54, 1.807) is 0 Å². The van der Waals surface area contributed by atoms with Gasteiger partial charge in [-0.1, -0.05) is 54.1 Å². The molecule has 0 spiro atoms. The minimum absolute atomic E-state index is 0.0602. The lowest BCUT2D eigenvalue weighted by molar-refractivity contribution is 0.407. The molecule has 0 radical (unpaired) electrons. The SMILES string of the molecule is Cc1ccc(Cc2nnc(C3(Cc4ccccc4C)CC3)o2)cc1. The van der Waals surface area contributed by atoms with E-state index in [0.29, 0.717) is 12.3 Å². The quantitative estimate of drug-likeness (QED) is 0.692. The molecular weight excluding hydrogens is 296 g/mol. The molecular formula is C21H22N2O. The highest BCUT2D eigenvalue weighted by molar-refractivity contribution is 5.31. The van der Waals surface area contributed by atoms with Gasteiger partial charge in [-0.25, -0.2) is 0 Å². The van der Waals surface area contributed by atoms with Crippen molar-refractivity contribution in [1.29, 1.82) is 0 Å². The summed E-state index contributed by atoms with van der Waals surface area (Å²) in [6.07, 6.45) is 3.96. The maximum atomic E-state index is 6.03. The predicted octanol–water partition coefficient (Wildman–Crippen LogP) is 4.55. The largest absolute Gasteiger partial charge is 0.424 e. The Kier molecular flexibility index (Phi) is 3.72. The van der Waals surface area contributed by atoms with Gasteiger partial charge in [0, 0.05) is 0 Å². The lowest BCUT2D eigenvalue weighted by atomic mass is 9.93. The molecule has 1 aromatic heterocycles. The summed E-state index contributed by atoms with van der Waals surface area (Å²) in [5, 5.41) is 8.66. The van der Waals surface area contributed by atoms with Crippen molar-refractivity contribution >= 4 is 0 Å². The van der Waals surface area contributed by atoms with Gasteiger partial charge in [-0.05, 0) is 49.8 Å². The van der Waals surface area contributed by atoms with Gasteiger partial charge >= 0.3 is 0 Å². The summed E-state index contributed by atoms with van der Waals surface area (Å²) in [4.78, 5) is 0. The van der Waals surface area contributed by atoms with Crippen molar-refractivity contribution in [2.24, 2.45) is 0 Å². The number of aromatic nitrogens is 2. The van der Waals surface area contributed by atoms with Crippen LogP contribution in [-0.4, -0.2) is 10.2 Å². The van der Waals surface area contributed by atoms with Crippen LogP contribution < -0.4 is 0 Å². The standard InChI is InChI=1S/C21H22N2O/c1-15-7-9-17(10-8-15)13-19-22-23-20(24-19)21(11-12-21)14-18-6-4-3-5-16(18)2/h3-10H,11-14H2,1-2H3. The smallest absolute Gasteiger partial charge is 0.223 e. The first-order valence-electron chi connectivity index (χ1n) is 8.58. The average molecular weight is 318 g/mol. The maximum absolute atomic E-state index is 6.03. The molecule has 0 atom stereocenters. The first-order chi connectivity index (χ1) is 11.6. The molecule has 1 aliphatic rings. The zero-order valence-electron chi connectivity index (χ0n) is 14.2. The van der Waals surface area contributed by atoms with E-state index in [2.05, 4.69) is 72.6 Å². The van der Waals surface area contributed by atoms with Crippen LogP contribution in [0.2, 0.25) is 0 Å². The van der Waals surface area contributed by atoms with Gasteiger partial charge in [0.2, 0.25) is 11.8 Å². The molecule has 3 nitrogen and oxygen atoms in total. The van der Waals surface area contributed by atoms with Crippen molar-refractivity contribution in [2.75, 3.05) is 0 Å². The lowest BCUT2D eigenvalue weighted by Crippen LogP contribution is -2.12.